The van der Waals surface area contributed by atoms with Crippen LogP contribution < -0.4 is 5.32 Å². The van der Waals surface area contributed by atoms with Crippen LogP contribution in [-0.2, 0) is 6.42 Å². The molecule has 1 N–H and O–H groups in total. The molecular weight excluding hydrogens is 226 g/mol. The first-order valence-corrected chi connectivity index (χ1v) is 6.63. The smallest absolute Gasteiger partial charge is 0.255 e. The molecule has 0 aromatic carbocycles. The first kappa shape index (κ1) is 11.6. The Labute approximate surface area is 107 Å². The summed E-state index contributed by atoms with van der Waals surface area (Å²) in [5.41, 5.74) is 2.17. The van der Waals surface area contributed by atoms with E-state index in [1.807, 2.05) is 6.92 Å². The molecule has 0 aliphatic carbocycles. The molecule has 96 valence electrons. The number of hydrogen-bond donors (Lipinski definition) is 1. The number of fused-ring (bicyclic) bond motifs is 1. The molecule has 3 rings (SSSR count). The molecule has 3 heterocycles. The zero-order chi connectivity index (χ0) is 12.5. The van der Waals surface area contributed by atoms with Gasteiger partial charge < -0.3 is 5.32 Å². The maximum Gasteiger partial charge on any atom is 0.255 e. The van der Waals surface area contributed by atoms with Gasteiger partial charge in [-0.25, -0.2) is 4.98 Å². The van der Waals surface area contributed by atoms with E-state index in [0.29, 0.717) is 5.92 Å². The number of rotatable bonds is 2. The summed E-state index contributed by atoms with van der Waals surface area (Å²) in [5, 5.41) is 11.9. The highest BCUT2D eigenvalue weighted by Gasteiger charge is 2.17. The Hall–Kier alpha value is -1.49. The van der Waals surface area contributed by atoms with Crippen molar-refractivity contribution >= 4 is 5.78 Å². The molecule has 5 nitrogen and oxygen atoms in total. The summed E-state index contributed by atoms with van der Waals surface area (Å²) < 4.78 is 2.08. The van der Waals surface area contributed by atoms with Crippen LogP contribution in [0.3, 0.4) is 0 Å². The van der Waals surface area contributed by atoms with Gasteiger partial charge >= 0.3 is 0 Å². The van der Waals surface area contributed by atoms with Crippen molar-refractivity contribution < 1.29 is 0 Å². The summed E-state index contributed by atoms with van der Waals surface area (Å²) in [6, 6.07) is 2.08. The van der Waals surface area contributed by atoms with Crippen molar-refractivity contribution in [1.82, 2.24) is 24.9 Å². The van der Waals surface area contributed by atoms with E-state index in [1.165, 1.54) is 18.5 Å². The van der Waals surface area contributed by atoms with Crippen molar-refractivity contribution in [3.8, 4) is 0 Å². The normalized spacial score (nSPS) is 20.4. The molecule has 0 radical (unpaired) electrons. The second-order valence-electron chi connectivity index (χ2n) is 5.21. The van der Waals surface area contributed by atoms with E-state index >= 15 is 0 Å². The second-order valence-corrected chi connectivity index (χ2v) is 5.21. The lowest BCUT2D eigenvalue weighted by Crippen LogP contribution is -2.31. The highest BCUT2D eigenvalue weighted by Crippen LogP contribution is 2.17. The number of hydrogen-bond acceptors (Lipinski definition) is 4. The Balaban J connectivity index is 1.92. The Bertz CT molecular complexity index is 554. The van der Waals surface area contributed by atoms with Gasteiger partial charge in [0.05, 0.1) is 0 Å². The van der Waals surface area contributed by atoms with E-state index in [0.717, 1.165) is 36.8 Å². The van der Waals surface area contributed by atoms with E-state index in [9.17, 15) is 0 Å². The lowest BCUT2D eigenvalue weighted by atomic mass is 9.96. The Kier molecular flexibility index (Phi) is 2.99. The standard InChI is InChI=1S/C13H19N5/c1-9-6-10(2)18-12(16-17-13(18)15-9)7-11-4-3-5-14-8-11/h6,11,14H,3-5,7-8H2,1-2H3. The van der Waals surface area contributed by atoms with Crippen molar-refractivity contribution in [3.05, 3.63) is 23.3 Å². The lowest BCUT2D eigenvalue weighted by Gasteiger charge is -2.21. The highest BCUT2D eigenvalue weighted by molar-refractivity contribution is 5.32. The number of nitrogens with one attached hydrogen (secondary N) is 1. The molecule has 0 spiro atoms. The first-order valence-electron chi connectivity index (χ1n) is 6.63. The SMILES string of the molecule is Cc1cc(C)n2c(CC3CCCNC3)nnc2n1. The van der Waals surface area contributed by atoms with E-state index in [-0.39, 0.29) is 0 Å². The van der Waals surface area contributed by atoms with Crippen LogP contribution in [0.1, 0.15) is 30.1 Å². The summed E-state index contributed by atoms with van der Waals surface area (Å²) >= 11 is 0. The van der Waals surface area contributed by atoms with Crippen LogP contribution >= 0.6 is 0 Å². The monoisotopic (exact) mass is 245 g/mol. The van der Waals surface area contributed by atoms with Gasteiger partial charge in [-0.1, -0.05) is 0 Å². The van der Waals surface area contributed by atoms with Crippen LogP contribution in [0.4, 0.5) is 0 Å². The zero-order valence-electron chi connectivity index (χ0n) is 11.0. The Morgan fingerprint density at radius 2 is 2.28 bits per heavy atom. The number of aromatic nitrogens is 4. The van der Waals surface area contributed by atoms with Gasteiger partial charge in [-0.3, -0.25) is 4.40 Å². The predicted octanol–water partition coefficient (Wildman–Crippen LogP) is 1.28. The third-order valence-corrected chi connectivity index (χ3v) is 3.63. The summed E-state index contributed by atoms with van der Waals surface area (Å²) in [4.78, 5) is 4.42. The fraction of sp³-hybridized carbons (Fsp3) is 0.615. The van der Waals surface area contributed by atoms with Crippen LogP contribution in [0.5, 0.6) is 0 Å². The summed E-state index contributed by atoms with van der Waals surface area (Å²) in [6.45, 7) is 6.32. The molecule has 1 saturated heterocycles. The van der Waals surface area contributed by atoms with Crippen molar-refractivity contribution in [2.75, 3.05) is 13.1 Å². The van der Waals surface area contributed by atoms with Crippen LogP contribution in [-0.4, -0.2) is 32.7 Å². The molecule has 1 unspecified atom stereocenters. The molecule has 1 fully saturated rings. The Morgan fingerprint density at radius 1 is 1.39 bits per heavy atom. The van der Waals surface area contributed by atoms with Crippen LogP contribution in [0.25, 0.3) is 5.78 Å². The highest BCUT2D eigenvalue weighted by atomic mass is 15.3. The van der Waals surface area contributed by atoms with Gasteiger partial charge in [0.15, 0.2) is 0 Å². The zero-order valence-corrected chi connectivity index (χ0v) is 11.0. The first-order chi connectivity index (χ1) is 8.74. The minimum absolute atomic E-state index is 0.673. The van der Waals surface area contributed by atoms with Crippen LogP contribution in [0.15, 0.2) is 6.07 Å². The largest absolute Gasteiger partial charge is 0.316 e. The quantitative estimate of drug-likeness (QED) is 0.866. The van der Waals surface area contributed by atoms with E-state index in [4.69, 9.17) is 0 Å². The molecule has 18 heavy (non-hydrogen) atoms. The molecule has 1 atom stereocenters. The number of piperidine rings is 1. The van der Waals surface area contributed by atoms with Gasteiger partial charge in [0.2, 0.25) is 0 Å². The van der Waals surface area contributed by atoms with Crippen molar-refractivity contribution in [2.24, 2.45) is 5.92 Å². The fourth-order valence-electron chi connectivity index (χ4n) is 2.79. The number of nitrogens with zero attached hydrogens (tertiary/aromatic N) is 4. The third kappa shape index (κ3) is 2.10. The molecule has 2 aromatic rings. The van der Waals surface area contributed by atoms with E-state index < -0.39 is 0 Å². The fourth-order valence-corrected chi connectivity index (χ4v) is 2.79. The second kappa shape index (κ2) is 4.65. The Morgan fingerprint density at radius 3 is 3.06 bits per heavy atom. The summed E-state index contributed by atoms with van der Waals surface area (Å²) in [7, 11) is 0. The summed E-state index contributed by atoms with van der Waals surface area (Å²) in [6.07, 6.45) is 3.53. The minimum atomic E-state index is 0.673. The van der Waals surface area contributed by atoms with Gasteiger partial charge in [0, 0.05) is 17.8 Å². The van der Waals surface area contributed by atoms with Gasteiger partial charge in [-0.15, -0.1) is 10.2 Å². The molecule has 1 aliphatic heterocycles. The van der Waals surface area contributed by atoms with Gasteiger partial charge in [-0.05, 0) is 51.8 Å². The molecule has 0 saturated carbocycles. The maximum atomic E-state index is 4.42. The summed E-state index contributed by atoms with van der Waals surface area (Å²) in [5.74, 6) is 2.45. The molecule has 2 aromatic heterocycles. The molecule has 1 aliphatic rings. The van der Waals surface area contributed by atoms with Crippen LogP contribution in [0, 0.1) is 19.8 Å². The molecule has 0 bridgehead atoms. The average molecular weight is 245 g/mol. The third-order valence-electron chi connectivity index (χ3n) is 3.63. The van der Waals surface area contributed by atoms with E-state index in [2.05, 4.69) is 37.9 Å². The number of aryl methyl sites for hydroxylation is 2. The average Bonchev–Trinajstić information content (AvgIpc) is 2.73. The minimum Gasteiger partial charge on any atom is -0.316 e. The molecule has 0 amide bonds. The lowest BCUT2D eigenvalue weighted by molar-refractivity contribution is 0.369. The molecular formula is C13H19N5. The topological polar surface area (TPSA) is 55.1 Å². The van der Waals surface area contributed by atoms with Crippen molar-refractivity contribution in [3.63, 3.8) is 0 Å². The van der Waals surface area contributed by atoms with Gasteiger partial charge in [0.1, 0.15) is 5.82 Å². The van der Waals surface area contributed by atoms with Crippen molar-refractivity contribution in [1.29, 1.82) is 0 Å². The molecule has 5 heteroatoms. The van der Waals surface area contributed by atoms with Crippen LogP contribution in [0.2, 0.25) is 0 Å². The van der Waals surface area contributed by atoms with Gasteiger partial charge in [0.25, 0.3) is 5.78 Å². The maximum absolute atomic E-state index is 4.42. The van der Waals surface area contributed by atoms with Crippen molar-refractivity contribution in [2.45, 2.75) is 33.1 Å². The van der Waals surface area contributed by atoms with E-state index in [1.54, 1.807) is 0 Å². The predicted molar refractivity (Wildman–Crippen MR) is 69.6 cm³/mol. The van der Waals surface area contributed by atoms with Gasteiger partial charge in [-0.2, -0.15) is 0 Å².